The number of anilines is 1. The van der Waals surface area contributed by atoms with Gasteiger partial charge in [-0.2, -0.15) is 0 Å². The summed E-state index contributed by atoms with van der Waals surface area (Å²) < 4.78 is 10.7. The molecule has 2 aliphatic carbocycles. The van der Waals surface area contributed by atoms with Crippen molar-refractivity contribution in [3.05, 3.63) is 106 Å². The second kappa shape index (κ2) is 9.09. The summed E-state index contributed by atoms with van der Waals surface area (Å²) in [6.45, 7) is 0. The Labute approximate surface area is 224 Å². The molecule has 4 atom stereocenters. The molecule has 186 valence electrons. The minimum atomic E-state index is -0.487. The Morgan fingerprint density at radius 1 is 0.730 bits per heavy atom. The molecule has 2 bridgehead atoms. The molecule has 3 aromatic rings. The SMILES string of the molecule is COc1ccc(C(=C2[C@H]3C=C[C@H]2[C@@H]2C(=O)N(c4cccc(Cl)c4Cl)C(=O)[C@H]23)c2ccc(OC)cc2)cc1. The topological polar surface area (TPSA) is 55.8 Å². The predicted molar refractivity (Wildman–Crippen MR) is 144 cm³/mol. The third-order valence-electron chi connectivity index (χ3n) is 7.63. The highest BCUT2D eigenvalue weighted by molar-refractivity contribution is 6.45. The van der Waals surface area contributed by atoms with E-state index < -0.39 is 11.8 Å². The zero-order valence-corrected chi connectivity index (χ0v) is 21.7. The first-order valence-electron chi connectivity index (χ1n) is 12.0. The lowest BCUT2D eigenvalue weighted by Gasteiger charge is -2.22. The number of halogens is 2. The monoisotopic (exact) mass is 531 g/mol. The highest BCUT2D eigenvalue weighted by atomic mass is 35.5. The van der Waals surface area contributed by atoms with Crippen LogP contribution in [-0.2, 0) is 9.59 Å². The number of fused-ring (bicyclic) bond motifs is 5. The molecule has 0 radical (unpaired) electrons. The van der Waals surface area contributed by atoms with E-state index in [0.717, 1.165) is 33.8 Å². The van der Waals surface area contributed by atoms with Crippen molar-refractivity contribution in [1.82, 2.24) is 0 Å². The highest BCUT2D eigenvalue weighted by Gasteiger charge is 2.62. The normalized spacial score (nSPS) is 23.6. The summed E-state index contributed by atoms with van der Waals surface area (Å²) in [6, 6.07) is 20.7. The smallest absolute Gasteiger partial charge is 0.238 e. The first kappa shape index (κ1) is 23.8. The second-order valence-electron chi connectivity index (χ2n) is 9.36. The maximum atomic E-state index is 13.8. The first-order chi connectivity index (χ1) is 17.9. The third-order valence-corrected chi connectivity index (χ3v) is 8.44. The van der Waals surface area contributed by atoms with Crippen molar-refractivity contribution >= 4 is 46.3 Å². The maximum Gasteiger partial charge on any atom is 0.238 e. The molecule has 0 N–H and O–H groups in total. The standard InChI is InChI=1S/C30H23Cl2NO4/c1-36-18-10-6-16(7-11-18)24(17-8-12-19(37-2)13-9-17)25-20-14-15-21(25)27-26(20)29(34)33(30(27)35)23-5-3-4-22(31)28(23)32/h3-15,20-21,26-27H,1-2H3/t20-,21-,26+,27+/m1/s1. The van der Waals surface area contributed by atoms with E-state index in [0.29, 0.717) is 10.7 Å². The third kappa shape index (κ3) is 3.60. The lowest BCUT2D eigenvalue weighted by Crippen LogP contribution is -2.33. The summed E-state index contributed by atoms with van der Waals surface area (Å²) in [7, 11) is 3.27. The first-order valence-corrected chi connectivity index (χ1v) is 12.7. The number of imide groups is 1. The number of ether oxygens (including phenoxy) is 2. The molecule has 1 saturated heterocycles. The van der Waals surface area contributed by atoms with Gasteiger partial charge in [0.2, 0.25) is 11.8 Å². The lowest BCUT2D eigenvalue weighted by molar-refractivity contribution is -0.122. The van der Waals surface area contributed by atoms with E-state index in [1.807, 2.05) is 48.5 Å². The Morgan fingerprint density at radius 3 is 1.68 bits per heavy atom. The number of amides is 2. The summed E-state index contributed by atoms with van der Waals surface area (Å²) in [5.74, 6) is -0.340. The van der Waals surface area contributed by atoms with Gasteiger partial charge in [-0.3, -0.25) is 9.59 Å². The molecule has 1 heterocycles. The number of benzene rings is 3. The summed E-state index contributed by atoms with van der Waals surface area (Å²) >= 11 is 12.6. The van der Waals surface area contributed by atoms with Crippen molar-refractivity contribution in [2.75, 3.05) is 19.1 Å². The quantitative estimate of drug-likeness (QED) is 0.281. The Balaban J connectivity index is 1.48. The van der Waals surface area contributed by atoms with Gasteiger partial charge in [0.15, 0.2) is 0 Å². The zero-order chi connectivity index (χ0) is 25.8. The number of methoxy groups -OCH3 is 2. The Bertz CT molecular complexity index is 1390. The molecule has 2 amide bonds. The number of carbonyl (C=O) groups is 2. The van der Waals surface area contributed by atoms with E-state index in [2.05, 4.69) is 12.2 Å². The molecule has 1 aliphatic heterocycles. The van der Waals surface area contributed by atoms with Crippen molar-refractivity contribution < 1.29 is 19.1 Å². The molecular weight excluding hydrogens is 509 g/mol. The second-order valence-corrected chi connectivity index (χ2v) is 10.1. The number of rotatable bonds is 5. The van der Waals surface area contributed by atoms with Crippen molar-refractivity contribution in [2.45, 2.75) is 0 Å². The summed E-state index contributed by atoms with van der Waals surface area (Å²) in [6.07, 6.45) is 4.14. The van der Waals surface area contributed by atoms with E-state index in [4.69, 9.17) is 32.7 Å². The molecule has 37 heavy (non-hydrogen) atoms. The van der Waals surface area contributed by atoms with E-state index in [-0.39, 0.29) is 28.7 Å². The summed E-state index contributed by atoms with van der Waals surface area (Å²) in [5.41, 5.74) is 4.44. The number of allylic oxidation sites excluding steroid dienone is 3. The highest BCUT2D eigenvalue weighted by Crippen LogP contribution is 2.59. The van der Waals surface area contributed by atoms with Gasteiger partial charge in [-0.15, -0.1) is 0 Å². The number of nitrogens with zero attached hydrogens (tertiary/aromatic N) is 1. The largest absolute Gasteiger partial charge is 0.497 e. The molecule has 2 fully saturated rings. The van der Waals surface area contributed by atoms with Gasteiger partial charge in [-0.25, -0.2) is 4.90 Å². The van der Waals surface area contributed by atoms with Crippen molar-refractivity contribution in [3.63, 3.8) is 0 Å². The van der Waals surface area contributed by atoms with Gasteiger partial charge < -0.3 is 9.47 Å². The van der Waals surface area contributed by atoms with E-state index in [1.54, 1.807) is 32.4 Å². The molecule has 3 aromatic carbocycles. The van der Waals surface area contributed by atoms with Crippen molar-refractivity contribution in [1.29, 1.82) is 0 Å². The van der Waals surface area contributed by atoms with Crippen LogP contribution in [0.4, 0.5) is 5.69 Å². The number of hydrogen-bond acceptors (Lipinski definition) is 4. The summed E-state index contributed by atoms with van der Waals surface area (Å²) in [5, 5.41) is 0.513. The van der Waals surface area contributed by atoms with Crippen LogP contribution in [-0.4, -0.2) is 26.0 Å². The van der Waals surface area contributed by atoms with Gasteiger partial charge in [0, 0.05) is 11.8 Å². The van der Waals surface area contributed by atoms with Gasteiger partial charge in [0.25, 0.3) is 0 Å². The Morgan fingerprint density at radius 2 is 1.22 bits per heavy atom. The fourth-order valence-corrected chi connectivity index (χ4v) is 6.39. The predicted octanol–water partition coefficient (Wildman–Crippen LogP) is 6.43. The van der Waals surface area contributed by atoms with Crippen LogP contribution < -0.4 is 14.4 Å². The van der Waals surface area contributed by atoms with Gasteiger partial charge in [0.05, 0.1) is 41.8 Å². The van der Waals surface area contributed by atoms with E-state index in [9.17, 15) is 9.59 Å². The van der Waals surface area contributed by atoms with E-state index >= 15 is 0 Å². The molecule has 5 nitrogen and oxygen atoms in total. The van der Waals surface area contributed by atoms with Crippen LogP contribution in [0.2, 0.25) is 10.0 Å². The average molecular weight is 532 g/mol. The van der Waals surface area contributed by atoms with Crippen LogP contribution in [0, 0.1) is 23.7 Å². The number of hydrogen-bond donors (Lipinski definition) is 0. The molecule has 1 saturated carbocycles. The molecule has 0 aromatic heterocycles. The minimum absolute atomic E-state index is 0.200. The van der Waals surface area contributed by atoms with E-state index in [1.165, 1.54) is 4.90 Å². The van der Waals surface area contributed by atoms with Gasteiger partial charge in [-0.05, 0) is 58.7 Å². The Hall–Kier alpha value is -3.54. The molecule has 6 rings (SSSR count). The van der Waals surface area contributed by atoms with Crippen molar-refractivity contribution in [2.24, 2.45) is 23.7 Å². The lowest BCUT2D eigenvalue weighted by atomic mass is 9.85. The van der Waals surface area contributed by atoms with Crippen LogP contribution in [0.15, 0.2) is 84.5 Å². The molecule has 0 spiro atoms. The molecular formula is C30H23Cl2NO4. The maximum absolute atomic E-state index is 13.8. The average Bonchev–Trinajstić information content (AvgIpc) is 3.56. The summed E-state index contributed by atoms with van der Waals surface area (Å²) in [4.78, 5) is 28.8. The van der Waals surface area contributed by atoms with Gasteiger partial charge in [-0.1, -0.05) is 65.7 Å². The fraction of sp³-hybridized carbons (Fsp3) is 0.200. The van der Waals surface area contributed by atoms with Crippen LogP contribution in [0.25, 0.3) is 5.57 Å². The van der Waals surface area contributed by atoms with Crippen LogP contribution in [0.5, 0.6) is 11.5 Å². The molecule has 7 heteroatoms. The fourth-order valence-electron chi connectivity index (χ4n) is 6.01. The van der Waals surface area contributed by atoms with Crippen molar-refractivity contribution in [3.8, 4) is 11.5 Å². The van der Waals surface area contributed by atoms with Gasteiger partial charge in [0.1, 0.15) is 11.5 Å². The Kier molecular flexibility index (Phi) is 5.85. The van der Waals surface area contributed by atoms with Crippen LogP contribution in [0.3, 0.4) is 0 Å². The molecule has 0 unspecified atom stereocenters. The molecule has 3 aliphatic rings. The van der Waals surface area contributed by atoms with Crippen LogP contribution >= 0.6 is 23.2 Å². The minimum Gasteiger partial charge on any atom is -0.497 e. The number of carbonyl (C=O) groups excluding carboxylic acids is 2. The van der Waals surface area contributed by atoms with Gasteiger partial charge >= 0.3 is 0 Å². The van der Waals surface area contributed by atoms with Crippen LogP contribution in [0.1, 0.15) is 11.1 Å². The zero-order valence-electron chi connectivity index (χ0n) is 20.2.